The molecule has 4 heteroatoms. The van der Waals surface area contributed by atoms with Crippen LogP contribution in [0.3, 0.4) is 0 Å². The molecule has 2 unspecified atom stereocenters. The van der Waals surface area contributed by atoms with Gasteiger partial charge in [-0.05, 0) is 26.2 Å². The molecule has 2 aromatic rings. The standard InChI is InChI=1S/C14H16N2O2/c1-9-5-7-10(8-6-9)13-15-14(18-16-13)11-3-2-4-12(11)17/h5-8,11-12,17H,2-4H2,1H3. The zero-order chi connectivity index (χ0) is 12.5. The Labute approximate surface area is 106 Å². The van der Waals surface area contributed by atoms with E-state index in [-0.39, 0.29) is 12.0 Å². The van der Waals surface area contributed by atoms with Crippen LogP contribution in [0, 0.1) is 6.92 Å². The van der Waals surface area contributed by atoms with Crippen molar-refractivity contribution in [2.24, 2.45) is 0 Å². The van der Waals surface area contributed by atoms with Crippen molar-refractivity contribution in [2.75, 3.05) is 0 Å². The highest BCUT2D eigenvalue weighted by Crippen LogP contribution is 2.34. The third kappa shape index (κ3) is 2.04. The number of aromatic nitrogens is 2. The maximum atomic E-state index is 9.83. The summed E-state index contributed by atoms with van der Waals surface area (Å²) in [5, 5.41) is 13.8. The van der Waals surface area contributed by atoms with E-state index >= 15 is 0 Å². The maximum Gasteiger partial charge on any atom is 0.232 e. The predicted octanol–water partition coefficient (Wildman–Crippen LogP) is 2.67. The number of nitrogens with zero attached hydrogens (tertiary/aromatic N) is 2. The van der Waals surface area contributed by atoms with Gasteiger partial charge in [0.1, 0.15) is 0 Å². The van der Waals surface area contributed by atoms with E-state index in [0.29, 0.717) is 11.7 Å². The second kappa shape index (κ2) is 4.53. The lowest BCUT2D eigenvalue weighted by Gasteiger charge is -2.07. The van der Waals surface area contributed by atoms with E-state index in [9.17, 15) is 5.11 Å². The molecular weight excluding hydrogens is 228 g/mol. The number of aryl methyl sites for hydroxylation is 1. The molecule has 1 aliphatic carbocycles. The molecule has 0 aliphatic heterocycles. The Hall–Kier alpha value is -1.68. The van der Waals surface area contributed by atoms with Crippen LogP contribution in [0.25, 0.3) is 11.4 Å². The third-order valence-electron chi connectivity index (χ3n) is 3.55. The van der Waals surface area contributed by atoms with Gasteiger partial charge in [0.2, 0.25) is 11.7 Å². The molecule has 0 saturated heterocycles. The molecule has 1 fully saturated rings. The summed E-state index contributed by atoms with van der Waals surface area (Å²) >= 11 is 0. The molecule has 1 aromatic carbocycles. The summed E-state index contributed by atoms with van der Waals surface area (Å²) in [4.78, 5) is 4.40. The van der Waals surface area contributed by atoms with Crippen molar-refractivity contribution < 1.29 is 9.63 Å². The van der Waals surface area contributed by atoms with E-state index in [1.54, 1.807) is 0 Å². The van der Waals surface area contributed by atoms with Crippen molar-refractivity contribution in [3.05, 3.63) is 35.7 Å². The molecule has 18 heavy (non-hydrogen) atoms. The normalized spacial score (nSPS) is 23.4. The van der Waals surface area contributed by atoms with E-state index in [0.717, 1.165) is 24.8 Å². The number of benzene rings is 1. The Bertz CT molecular complexity index is 533. The first-order valence-electron chi connectivity index (χ1n) is 6.33. The molecule has 94 valence electrons. The van der Waals surface area contributed by atoms with E-state index in [2.05, 4.69) is 10.1 Å². The maximum absolute atomic E-state index is 9.83. The van der Waals surface area contributed by atoms with Crippen molar-refractivity contribution in [1.82, 2.24) is 10.1 Å². The number of hydrogen-bond donors (Lipinski definition) is 1. The van der Waals surface area contributed by atoms with E-state index < -0.39 is 0 Å². The minimum Gasteiger partial charge on any atom is -0.392 e. The predicted molar refractivity (Wildman–Crippen MR) is 67.1 cm³/mol. The second-order valence-corrected chi connectivity index (χ2v) is 4.93. The Morgan fingerprint density at radius 2 is 2.00 bits per heavy atom. The summed E-state index contributed by atoms with van der Waals surface area (Å²) in [6.45, 7) is 2.04. The van der Waals surface area contributed by atoms with Gasteiger partial charge in [0.25, 0.3) is 0 Å². The molecule has 3 rings (SSSR count). The Kier molecular flexibility index (Phi) is 2.88. The fourth-order valence-corrected chi connectivity index (χ4v) is 2.43. The highest BCUT2D eigenvalue weighted by molar-refractivity contribution is 5.54. The average Bonchev–Trinajstić information content (AvgIpc) is 2.98. The second-order valence-electron chi connectivity index (χ2n) is 4.93. The van der Waals surface area contributed by atoms with Crippen molar-refractivity contribution >= 4 is 0 Å². The molecule has 2 atom stereocenters. The third-order valence-corrected chi connectivity index (χ3v) is 3.55. The van der Waals surface area contributed by atoms with Crippen LogP contribution in [0.15, 0.2) is 28.8 Å². The van der Waals surface area contributed by atoms with Gasteiger partial charge < -0.3 is 9.63 Å². The zero-order valence-corrected chi connectivity index (χ0v) is 10.3. The minimum atomic E-state index is -0.337. The summed E-state index contributed by atoms with van der Waals surface area (Å²) in [7, 11) is 0. The fraction of sp³-hybridized carbons (Fsp3) is 0.429. The van der Waals surface area contributed by atoms with Crippen molar-refractivity contribution in [2.45, 2.75) is 38.2 Å². The molecule has 0 radical (unpaired) electrons. The number of rotatable bonds is 2. The monoisotopic (exact) mass is 244 g/mol. The number of aliphatic hydroxyl groups excluding tert-OH is 1. The lowest BCUT2D eigenvalue weighted by atomic mass is 10.1. The van der Waals surface area contributed by atoms with Gasteiger partial charge in [0.15, 0.2) is 0 Å². The van der Waals surface area contributed by atoms with Crippen LogP contribution in [0.1, 0.15) is 36.6 Å². The molecule has 1 N–H and O–H groups in total. The van der Waals surface area contributed by atoms with Gasteiger partial charge in [-0.3, -0.25) is 0 Å². The highest BCUT2D eigenvalue weighted by Gasteiger charge is 2.31. The van der Waals surface area contributed by atoms with Crippen LogP contribution in [0.4, 0.5) is 0 Å². The molecule has 1 saturated carbocycles. The number of hydrogen-bond acceptors (Lipinski definition) is 4. The highest BCUT2D eigenvalue weighted by atomic mass is 16.5. The molecule has 4 nitrogen and oxygen atoms in total. The van der Waals surface area contributed by atoms with Crippen molar-refractivity contribution in [3.8, 4) is 11.4 Å². The molecule has 0 bridgehead atoms. The van der Waals surface area contributed by atoms with Gasteiger partial charge in [-0.2, -0.15) is 4.98 Å². The van der Waals surface area contributed by atoms with E-state index in [4.69, 9.17) is 4.52 Å². The van der Waals surface area contributed by atoms with Gasteiger partial charge in [0, 0.05) is 5.56 Å². The summed E-state index contributed by atoms with van der Waals surface area (Å²) in [6.07, 6.45) is 2.44. The Morgan fingerprint density at radius 1 is 1.22 bits per heavy atom. The number of aliphatic hydroxyl groups is 1. The zero-order valence-electron chi connectivity index (χ0n) is 10.3. The van der Waals surface area contributed by atoms with Crippen LogP contribution in [0.5, 0.6) is 0 Å². The van der Waals surface area contributed by atoms with Gasteiger partial charge in [-0.15, -0.1) is 0 Å². The van der Waals surface area contributed by atoms with Crippen LogP contribution < -0.4 is 0 Å². The summed E-state index contributed by atoms with van der Waals surface area (Å²) in [5.74, 6) is 1.18. The summed E-state index contributed by atoms with van der Waals surface area (Å²) in [5.41, 5.74) is 2.15. The lowest BCUT2D eigenvalue weighted by Crippen LogP contribution is -2.11. The Morgan fingerprint density at radius 3 is 2.67 bits per heavy atom. The lowest BCUT2D eigenvalue weighted by molar-refractivity contribution is 0.148. The van der Waals surface area contributed by atoms with Crippen LogP contribution >= 0.6 is 0 Å². The molecule has 0 spiro atoms. The van der Waals surface area contributed by atoms with Gasteiger partial charge >= 0.3 is 0 Å². The average molecular weight is 244 g/mol. The first-order valence-corrected chi connectivity index (χ1v) is 6.33. The topological polar surface area (TPSA) is 59.2 Å². The smallest absolute Gasteiger partial charge is 0.232 e. The van der Waals surface area contributed by atoms with Gasteiger partial charge in [0.05, 0.1) is 12.0 Å². The van der Waals surface area contributed by atoms with Crippen molar-refractivity contribution in [1.29, 1.82) is 0 Å². The SMILES string of the molecule is Cc1ccc(-c2noc(C3CCCC3O)n2)cc1. The molecule has 1 aromatic heterocycles. The van der Waals surface area contributed by atoms with Crippen molar-refractivity contribution in [3.63, 3.8) is 0 Å². The van der Waals surface area contributed by atoms with Crippen LogP contribution in [-0.4, -0.2) is 21.4 Å². The van der Waals surface area contributed by atoms with Crippen LogP contribution in [-0.2, 0) is 0 Å². The Balaban J connectivity index is 1.87. The van der Waals surface area contributed by atoms with E-state index in [1.165, 1.54) is 5.56 Å². The summed E-state index contributed by atoms with van der Waals surface area (Å²) < 4.78 is 5.28. The molecular formula is C14H16N2O2. The molecule has 1 aliphatic rings. The fourth-order valence-electron chi connectivity index (χ4n) is 2.43. The van der Waals surface area contributed by atoms with Crippen LogP contribution in [0.2, 0.25) is 0 Å². The van der Waals surface area contributed by atoms with Gasteiger partial charge in [-0.25, -0.2) is 0 Å². The largest absolute Gasteiger partial charge is 0.392 e. The molecule has 1 heterocycles. The molecule has 0 amide bonds. The van der Waals surface area contributed by atoms with Gasteiger partial charge in [-0.1, -0.05) is 35.0 Å². The quantitative estimate of drug-likeness (QED) is 0.882. The van der Waals surface area contributed by atoms with E-state index in [1.807, 2.05) is 31.2 Å². The minimum absolute atomic E-state index is 0.0108. The first-order chi connectivity index (χ1) is 8.74. The first kappa shape index (κ1) is 11.4. The summed E-state index contributed by atoms with van der Waals surface area (Å²) in [6, 6.07) is 8.01.